The largest absolute Gasteiger partial charge is 0.480 e. The second-order valence-electron chi connectivity index (χ2n) is 4.49. The van der Waals surface area contributed by atoms with Gasteiger partial charge in [0.15, 0.2) is 0 Å². The van der Waals surface area contributed by atoms with Crippen LogP contribution in [0.4, 0.5) is 5.69 Å². The van der Waals surface area contributed by atoms with Crippen LogP contribution >= 0.6 is 11.8 Å². The van der Waals surface area contributed by atoms with Gasteiger partial charge in [-0.2, -0.15) is 0 Å². The summed E-state index contributed by atoms with van der Waals surface area (Å²) < 4.78 is 0. The molecule has 20 heavy (non-hydrogen) atoms. The average Bonchev–Trinajstić information content (AvgIpc) is 2.43. The molecule has 1 unspecified atom stereocenters. The van der Waals surface area contributed by atoms with Crippen LogP contribution in [0, 0.1) is 10.1 Å². The predicted molar refractivity (Wildman–Crippen MR) is 77.9 cm³/mol. The molecule has 0 amide bonds. The number of carboxylic acids is 1. The summed E-state index contributed by atoms with van der Waals surface area (Å²) >= 11 is 1.35. The Kier molecular flexibility index (Phi) is 5.97. The number of benzene rings is 1. The fraction of sp³-hybridized carbons (Fsp3) is 0.462. The molecule has 0 saturated heterocycles. The number of nitro groups is 1. The number of nitrogens with two attached hydrogens (primary N) is 1. The normalized spacial score (nSPS) is 13.7. The molecule has 0 aromatic heterocycles. The lowest BCUT2D eigenvalue weighted by atomic mass is 9.92. The van der Waals surface area contributed by atoms with Gasteiger partial charge in [0, 0.05) is 6.07 Å². The summed E-state index contributed by atoms with van der Waals surface area (Å²) in [5, 5.41) is 19.9. The minimum atomic E-state index is -1.21. The number of aliphatic carboxylic acids is 1. The summed E-state index contributed by atoms with van der Waals surface area (Å²) in [6.45, 7) is 1.74. The molecule has 1 aromatic carbocycles. The minimum absolute atomic E-state index is 0.0743. The van der Waals surface area contributed by atoms with Crippen molar-refractivity contribution in [2.24, 2.45) is 5.73 Å². The molecule has 3 N–H and O–H groups in total. The van der Waals surface area contributed by atoms with Gasteiger partial charge in [-0.15, -0.1) is 11.8 Å². The lowest BCUT2D eigenvalue weighted by Gasteiger charge is -2.22. The van der Waals surface area contributed by atoms with E-state index in [4.69, 9.17) is 10.8 Å². The molecule has 7 heteroatoms. The van der Waals surface area contributed by atoms with E-state index in [2.05, 4.69) is 0 Å². The van der Waals surface area contributed by atoms with Crippen LogP contribution in [-0.2, 0) is 4.79 Å². The van der Waals surface area contributed by atoms with Crippen molar-refractivity contribution in [1.82, 2.24) is 0 Å². The number of para-hydroxylation sites is 1. The van der Waals surface area contributed by atoms with Gasteiger partial charge in [0.05, 0.1) is 9.82 Å². The Balaban J connectivity index is 2.54. The topological polar surface area (TPSA) is 106 Å². The van der Waals surface area contributed by atoms with E-state index >= 15 is 0 Å². The number of nitrogens with zero attached hydrogens (tertiary/aromatic N) is 1. The zero-order valence-corrected chi connectivity index (χ0v) is 12.1. The molecule has 0 saturated carbocycles. The molecule has 0 radical (unpaired) electrons. The molecule has 0 aliphatic heterocycles. The maximum absolute atomic E-state index is 11.0. The van der Waals surface area contributed by atoms with Gasteiger partial charge in [-0.3, -0.25) is 14.9 Å². The zero-order chi connectivity index (χ0) is 15.2. The molecule has 0 aliphatic rings. The van der Waals surface area contributed by atoms with Crippen molar-refractivity contribution in [3.63, 3.8) is 0 Å². The molecular formula is C13H18N2O4S. The van der Waals surface area contributed by atoms with Crippen molar-refractivity contribution in [3.8, 4) is 0 Å². The second-order valence-corrected chi connectivity index (χ2v) is 5.63. The first kappa shape index (κ1) is 16.5. The van der Waals surface area contributed by atoms with Gasteiger partial charge < -0.3 is 10.8 Å². The first-order valence-corrected chi connectivity index (χ1v) is 7.28. The number of nitro benzene ring substituents is 1. The van der Waals surface area contributed by atoms with Crippen molar-refractivity contribution >= 4 is 23.4 Å². The molecule has 1 aromatic rings. The van der Waals surface area contributed by atoms with Crippen molar-refractivity contribution in [3.05, 3.63) is 34.4 Å². The maximum Gasteiger partial charge on any atom is 0.323 e. The van der Waals surface area contributed by atoms with Gasteiger partial charge >= 0.3 is 5.97 Å². The fourth-order valence-electron chi connectivity index (χ4n) is 1.73. The van der Waals surface area contributed by atoms with Crippen LogP contribution < -0.4 is 5.73 Å². The van der Waals surface area contributed by atoms with Crippen molar-refractivity contribution < 1.29 is 14.8 Å². The minimum Gasteiger partial charge on any atom is -0.480 e. The molecule has 0 heterocycles. The fourth-order valence-corrected chi connectivity index (χ4v) is 2.71. The zero-order valence-electron chi connectivity index (χ0n) is 11.2. The number of hydrogen-bond donors (Lipinski definition) is 2. The van der Waals surface area contributed by atoms with Gasteiger partial charge in [0.2, 0.25) is 0 Å². The van der Waals surface area contributed by atoms with Crippen molar-refractivity contribution in [1.29, 1.82) is 0 Å². The number of carboxylic acid groups (broad SMARTS) is 1. The number of carbonyl (C=O) groups is 1. The molecular weight excluding hydrogens is 280 g/mol. The van der Waals surface area contributed by atoms with Crippen molar-refractivity contribution in [2.45, 2.75) is 36.6 Å². The third-order valence-electron chi connectivity index (χ3n) is 3.14. The Morgan fingerprint density at radius 1 is 1.50 bits per heavy atom. The summed E-state index contributed by atoms with van der Waals surface area (Å²) in [4.78, 5) is 22.1. The summed E-state index contributed by atoms with van der Waals surface area (Å²) in [7, 11) is 0. The molecule has 6 nitrogen and oxygen atoms in total. The SMILES string of the molecule is CCC(N)(CCCSc1ccccc1[N+](=O)[O-])C(=O)O. The van der Waals surface area contributed by atoms with E-state index < -0.39 is 16.4 Å². The summed E-state index contributed by atoms with van der Waals surface area (Å²) in [5.41, 5.74) is 4.65. The summed E-state index contributed by atoms with van der Waals surface area (Å²) in [5.74, 6) is -0.410. The lowest BCUT2D eigenvalue weighted by molar-refractivity contribution is -0.387. The van der Waals surface area contributed by atoms with Crippen molar-refractivity contribution in [2.75, 3.05) is 5.75 Å². The standard InChI is InChI=1S/C13H18N2O4S/c1-2-13(14,12(16)17)8-5-9-20-11-7-4-3-6-10(11)15(18)19/h3-4,6-7H,2,5,8-9,14H2,1H3,(H,16,17). The molecule has 0 aliphatic carbocycles. The highest BCUT2D eigenvalue weighted by atomic mass is 32.2. The summed E-state index contributed by atoms with van der Waals surface area (Å²) in [6.07, 6.45) is 1.30. The van der Waals surface area contributed by atoms with Gasteiger partial charge in [0.25, 0.3) is 5.69 Å². The first-order chi connectivity index (χ1) is 9.40. The van der Waals surface area contributed by atoms with Gasteiger partial charge in [0.1, 0.15) is 5.54 Å². The molecule has 0 spiro atoms. The third kappa shape index (κ3) is 4.21. The van der Waals surface area contributed by atoms with E-state index in [-0.39, 0.29) is 5.69 Å². The highest BCUT2D eigenvalue weighted by Gasteiger charge is 2.30. The van der Waals surface area contributed by atoms with Crippen LogP contribution in [0.15, 0.2) is 29.2 Å². The highest BCUT2D eigenvalue weighted by Crippen LogP contribution is 2.29. The van der Waals surface area contributed by atoms with Crippen LogP contribution in [0.2, 0.25) is 0 Å². The maximum atomic E-state index is 11.0. The Hall–Kier alpha value is -1.60. The van der Waals surface area contributed by atoms with Crippen LogP contribution in [0.3, 0.4) is 0 Å². The highest BCUT2D eigenvalue weighted by molar-refractivity contribution is 7.99. The van der Waals surface area contributed by atoms with E-state index in [1.54, 1.807) is 25.1 Å². The Labute approximate surface area is 121 Å². The number of thioether (sulfide) groups is 1. The Bertz CT molecular complexity index is 495. The lowest BCUT2D eigenvalue weighted by Crippen LogP contribution is -2.47. The monoisotopic (exact) mass is 298 g/mol. The average molecular weight is 298 g/mol. The Morgan fingerprint density at radius 3 is 2.70 bits per heavy atom. The van der Waals surface area contributed by atoms with Gasteiger partial charge in [-0.25, -0.2) is 0 Å². The Morgan fingerprint density at radius 2 is 2.15 bits per heavy atom. The molecule has 0 bridgehead atoms. The van der Waals surface area contributed by atoms with Gasteiger partial charge in [-0.05, 0) is 31.1 Å². The first-order valence-electron chi connectivity index (χ1n) is 6.29. The molecule has 1 rings (SSSR count). The number of hydrogen-bond acceptors (Lipinski definition) is 5. The van der Waals surface area contributed by atoms with E-state index in [9.17, 15) is 14.9 Å². The van der Waals surface area contributed by atoms with E-state index in [1.807, 2.05) is 0 Å². The van der Waals surface area contributed by atoms with Crippen LogP contribution in [0.1, 0.15) is 26.2 Å². The molecule has 0 fully saturated rings. The van der Waals surface area contributed by atoms with E-state index in [0.29, 0.717) is 29.9 Å². The predicted octanol–water partition coefficient (Wildman–Crippen LogP) is 2.66. The quantitative estimate of drug-likeness (QED) is 0.331. The van der Waals surface area contributed by atoms with Crippen LogP contribution in [0.25, 0.3) is 0 Å². The van der Waals surface area contributed by atoms with E-state index in [0.717, 1.165) is 0 Å². The smallest absolute Gasteiger partial charge is 0.323 e. The molecule has 110 valence electrons. The van der Waals surface area contributed by atoms with E-state index in [1.165, 1.54) is 17.8 Å². The van der Waals surface area contributed by atoms with Gasteiger partial charge in [-0.1, -0.05) is 19.1 Å². The third-order valence-corrected chi connectivity index (χ3v) is 4.29. The van der Waals surface area contributed by atoms with Crippen LogP contribution in [-0.4, -0.2) is 27.3 Å². The number of rotatable bonds is 8. The summed E-state index contributed by atoms with van der Waals surface area (Å²) in [6, 6.07) is 6.51. The van der Waals surface area contributed by atoms with Crippen LogP contribution in [0.5, 0.6) is 0 Å². The molecule has 1 atom stereocenters. The second kappa shape index (κ2) is 7.25.